The molecule has 6 heteroatoms. The number of rotatable bonds is 2. The van der Waals surface area contributed by atoms with Crippen molar-refractivity contribution in [2.24, 2.45) is 5.73 Å². The van der Waals surface area contributed by atoms with Crippen LogP contribution in [0.2, 0.25) is 0 Å². The molecule has 0 fully saturated rings. The van der Waals surface area contributed by atoms with E-state index in [0.717, 1.165) is 12.2 Å². The number of aromatic amines is 2. The highest BCUT2D eigenvalue weighted by molar-refractivity contribution is 7.80. The highest BCUT2D eigenvalue weighted by atomic mass is 32.1. The Hall–Kier alpha value is -1.69. The van der Waals surface area contributed by atoms with Crippen LogP contribution >= 0.6 is 12.2 Å². The third-order valence-corrected chi connectivity index (χ3v) is 1.83. The number of thiocarbonyl (C=S) groups is 1. The molecule has 0 spiro atoms. The van der Waals surface area contributed by atoms with E-state index in [-0.39, 0.29) is 0 Å². The van der Waals surface area contributed by atoms with E-state index in [2.05, 4.69) is 20.2 Å². The monoisotopic (exact) mass is 223 g/mol. The number of imidazole rings is 1. The summed E-state index contributed by atoms with van der Waals surface area (Å²) in [6.45, 7) is 2.02. The molecule has 5 nitrogen and oxygen atoms in total. The van der Waals surface area contributed by atoms with Crippen LogP contribution in [-0.2, 0) is 6.42 Å². The average Bonchev–Trinajstić information content (AvgIpc) is 2.92. The van der Waals surface area contributed by atoms with Gasteiger partial charge in [0.2, 0.25) is 0 Å². The van der Waals surface area contributed by atoms with Crippen LogP contribution in [0.5, 0.6) is 0 Å². The van der Waals surface area contributed by atoms with Gasteiger partial charge in [0.25, 0.3) is 0 Å². The molecule has 0 radical (unpaired) electrons. The van der Waals surface area contributed by atoms with E-state index in [9.17, 15) is 0 Å². The maximum absolute atomic E-state index is 5.33. The van der Waals surface area contributed by atoms with Crippen molar-refractivity contribution in [3.05, 3.63) is 36.2 Å². The maximum atomic E-state index is 5.33. The van der Waals surface area contributed by atoms with Gasteiger partial charge in [-0.3, -0.25) is 5.10 Å². The number of nitrogens with two attached hydrogens (primary N) is 1. The summed E-state index contributed by atoms with van der Waals surface area (Å²) in [5, 5.41) is 6.21. The van der Waals surface area contributed by atoms with E-state index in [0.29, 0.717) is 10.7 Å². The Labute approximate surface area is 93.1 Å². The molecule has 0 aromatic carbocycles. The molecule has 2 heterocycles. The zero-order chi connectivity index (χ0) is 11.1. The summed E-state index contributed by atoms with van der Waals surface area (Å²) in [6.07, 6.45) is 6.06. The van der Waals surface area contributed by atoms with Gasteiger partial charge in [0.15, 0.2) is 0 Å². The first-order chi connectivity index (χ1) is 7.24. The second-order valence-electron chi connectivity index (χ2n) is 2.72. The zero-order valence-electron chi connectivity index (χ0n) is 8.40. The minimum Gasteiger partial charge on any atom is -0.388 e. The van der Waals surface area contributed by atoms with Crippen LogP contribution in [0.25, 0.3) is 0 Å². The van der Waals surface area contributed by atoms with E-state index < -0.39 is 0 Å². The minimum absolute atomic E-state index is 0.343. The van der Waals surface area contributed by atoms with Crippen molar-refractivity contribution in [3.8, 4) is 0 Å². The van der Waals surface area contributed by atoms with Gasteiger partial charge < -0.3 is 10.7 Å². The Bertz CT molecular complexity index is 375. The molecule has 2 aromatic rings. The lowest BCUT2D eigenvalue weighted by Crippen LogP contribution is -2.09. The van der Waals surface area contributed by atoms with E-state index in [1.165, 1.54) is 0 Å². The zero-order valence-corrected chi connectivity index (χ0v) is 9.21. The minimum atomic E-state index is 0.343. The molecule has 2 rings (SSSR count). The van der Waals surface area contributed by atoms with Crippen molar-refractivity contribution in [1.82, 2.24) is 20.2 Å². The molecular formula is C9H13N5S. The van der Waals surface area contributed by atoms with Crippen LogP contribution in [0.4, 0.5) is 0 Å². The van der Waals surface area contributed by atoms with Gasteiger partial charge >= 0.3 is 0 Å². The van der Waals surface area contributed by atoms with Crippen molar-refractivity contribution < 1.29 is 0 Å². The van der Waals surface area contributed by atoms with Crippen LogP contribution in [-0.4, -0.2) is 25.2 Å². The highest BCUT2D eigenvalue weighted by Gasteiger charge is 1.99. The predicted molar refractivity (Wildman–Crippen MR) is 62.4 cm³/mol. The average molecular weight is 223 g/mol. The highest BCUT2D eigenvalue weighted by Crippen LogP contribution is 1.96. The van der Waals surface area contributed by atoms with Gasteiger partial charge in [0.1, 0.15) is 16.5 Å². The Kier molecular flexibility index (Phi) is 4.49. The van der Waals surface area contributed by atoms with Crippen LogP contribution in [0, 0.1) is 0 Å². The molecular weight excluding hydrogens is 210 g/mol. The van der Waals surface area contributed by atoms with Crippen molar-refractivity contribution in [2.75, 3.05) is 0 Å². The van der Waals surface area contributed by atoms with E-state index in [1.54, 1.807) is 18.6 Å². The van der Waals surface area contributed by atoms with Crippen LogP contribution < -0.4 is 5.73 Å². The summed E-state index contributed by atoms with van der Waals surface area (Å²) in [6, 6.07) is 1.83. The summed E-state index contributed by atoms with van der Waals surface area (Å²) < 4.78 is 0. The first-order valence-electron chi connectivity index (χ1n) is 4.52. The van der Waals surface area contributed by atoms with Gasteiger partial charge in [0, 0.05) is 25.0 Å². The molecule has 0 atom stereocenters. The van der Waals surface area contributed by atoms with Crippen molar-refractivity contribution in [2.45, 2.75) is 13.3 Å². The number of H-pyrrole nitrogens is 2. The van der Waals surface area contributed by atoms with Gasteiger partial charge in [-0.1, -0.05) is 19.1 Å². The van der Waals surface area contributed by atoms with Gasteiger partial charge in [-0.25, -0.2) is 4.98 Å². The fourth-order valence-electron chi connectivity index (χ4n) is 0.884. The number of nitrogens with zero attached hydrogens (tertiary/aromatic N) is 2. The van der Waals surface area contributed by atoms with E-state index >= 15 is 0 Å². The lowest BCUT2D eigenvalue weighted by molar-refractivity contribution is 0.988. The number of hydrogen-bond donors (Lipinski definition) is 3. The summed E-state index contributed by atoms with van der Waals surface area (Å²) in [4.78, 5) is 7.41. The Balaban J connectivity index is 0.000000187. The third-order valence-electron chi connectivity index (χ3n) is 1.62. The van der Waals surface area contributed by atoms with Crippen molar-refractivity contribution in [1.29, 1.82) is 0 Å². The normalized spacial score (nSPS) is 9.13. The van der Waals surface area contributed by atoms with Gasteiger partial charge in [-0.05, 0) is 6.07 Å². The molecule has 0 bridgehead atoms. The Morgan fingerprint density at radius 2 is 2.40 bits per heavy atom. The predicted octanol–water partition coefficient (Wildman–Crippen LogP) is 1.02. The summed E-state index contributed by atoms with van der Waals surface area (Å²) in [7, 11) is 0. The third kappa shape index (κ3) is 3.90. The first kappa shape index (κ1) is 11.4. The first-order valence-corrected chi connectivity index (χ1v) is 4.92. The molecule has 0 saturated carbocycles. The van der Waals surface area contributed by atoms with Gasteiger partial charge in [-0.2, -0.15) is 5.10 Å². The quantitative estimate of drug-likeness (QED) is 0.664. The van der Waals surface area contributed by atoms with Crippen LogP contribution in [0.15, 0.2) is 24.7 Å². The molecule has 0 aliphatic heterocycles. The fraction of sp³-hybridized carbons (Fsp3) is 0.222. The summed E-state index contributed by atoms with van der Waals surface area (Å²) in [5.41, 5.74) is 6.00. The summed E-state index contributed by atoms with van der Waals surface area (Å²) in [5.74, 6) is 0.919. The smallest absolute Gasteiger partial charge is 0.124 e. The van der Waals surface area contributed by atoms with Gasteiger partial charge in [0.05, 0.1) is 0 Å². The standard InChI is InChI=1S/C6H9N3S.C3H4N2/c1-2-5-8-3-4(9-5)6(7)10;1-2-4-5-3-1/h3H,2H2,1H3,(H2,7,10)(H,8,9);1-3H,(H,4,5). The van der Waals surface area contributed by atoms with Crippen molar-refractivity contribution in [3.63, 3.8) is 0 Å². The number of nitrogens with one attached hydrogen (secondary N) is 2. The Morgan fingerprint density at radius 1 is 1.60 bits per heavy atom. The molecule has 0 unspecified atom stereocenters. The number of hydrogen-bond acceptors (Lipinski definition) is 3. The molecule has 0 amide bonds. The van der Waals surface area contributed by atoms with E-state index in [1.807, 2.05) is 13.0 Å². The second-order valence-corrected chi connectivity index (χ2v) is 3.16. The van der Waals surface area contributed by atoms with Crippen LogP contribution in [0.1, 0.15) is 18.4 Å². The number of aromatic nitrogens is 4. The lowest BCUT2D eigenvalue weighted by atomic mass is 10.5. The Morgan fingerprint density at radius 3 is 2.67 bits per heavy atom. The van der Waals surface area contributed by atoms with Gasteiger partial charge in [-0.15, -0.1) is 0 Å². The summed E-state index contributed by atoms with van der Waals surface area (Å²) >= 11 is 4.72. The van der Waals surface area contributed by atoms with E-state index in [4.69, 9.17) is 18.0 Å². The molecule has 80 valence electrons. The molecule has 0 saturated heterocycles. The lowest BCUT2D eigenvalue weighted by Gasteiger charge is -1.86. The molecule has 15 heavy (non-hydrogen) atoms. The molecule has 2 aromatic heterocycles. The number of aryl methyl sites for hydroxylation is 1. The second kappa shape index (κ2) is 5.92. The largest absolute Gasteiger partial charge is 0.388 e. The SMILES string of the molecule is CCc1nc(C(N)=S)c[nH]1.c1cn[nH]c1. The molecule has 0 aliphatic rings. The van der Waals surface area contributed by atoms with Crippen LogP contribution in [0.3, 0.4) is 0 Å². The fourth-order valence-corrected chi connectivity index (χ4v) is 0.989. The maximum Gasteiger partial charge on any atom is 0.124 e. The molecule has 4 N–H and O–H groups in total. The van der Waals surface area contributed by atoms with Crippen molar-refractivity contribution >= 4 is 17.2 Å². The topological polar surface area (TPSA) is 83.4 Å². The molecule has 0 aliphatic carbocycles.